The van der Waals surface area contributed by atoms with Crippen molar-refractivity contribution in [3.8, 4) is 9.85 Å². The van der Waals surface area contributed by atoms with E-state index in [1.165, 1.54) is 0 Å². The molecule has 9 heavy (non-hydrogen) atoms. The first kappa shape index (κ1) is 11.3. The van der Waals surface area contributed by atoms with Gasteiger partial charge in [-0.1, -0.05) is 5.92 Å². The molecular weight excluding hydrogens is 237 g/mol. The van der Waals surface area contributed by atoms with Gasteiger partial charge < -0.3 is 15.9 Å². The molecule has 0 aliphatic rings. The Morgan fingerprint density at radius 1 is 1.78 bits per heavy atom. The van der Waals surface area contributed by atoms with E-state index < -0.39 is 6.09 Å². The van der Waals surface area contributed by atoms with E-state index >= 15 is 0 Å². The summed E-state index contributed by atoms with van der Waals surface area (Å²) < 4.78 is 2.49. The third-order valence-corrected chi connectivity index (χ3v) is 0.527. The van der Waals surface area contributed by atoms with Gasteiger partial charge in [-0.15, -0.1) is 0 Å². The molecule has 0 bridgehead atoms. The highest BCUT2D eigenvalue weighted by Crippen LogP contribution is 1.66. The van der Waals surface area contributed by atoms with Crippen molar-refractivity contribution in [2.45, 2.75) is 0 Å². The summed E-state index contributed by atoms with van der Waals surface area (Å²) in [6.45, 7) is -0.0249. The van der Waals surface area contributed by atoms with Crippen molar-refractivity contribution in [2.75, 3.05) is 6.61 Å². The van der Waals surface area contributed by atoms with Gasteiger partial charge in [0.2, 0.25) is 0 Å². The van der Waals surface area contributed by atoms with E-state index in [0.717, 1.165) is 0 Å². The predicted molar refractivity (Wildman–Crippen MR) is 41.1 cm³/mol. The van der Waals surface area contributed by atoms with Gasteiger partial charge >= 0.3 is 6.09 Å². The van der Waals surface area contributed by atoms with Gasteiger partial charge in [0.05, 0.1) is 0 Å². The van der Waals surface area contributed by atoms with Gasteiger partial charge in [0.25, 0.3) is 0 Å². The second kappa shape index (κ2) is 10.5. The monoisotopic (exact) mass is 243 g/mol. The van der Waals surface area contributed by atoms with Crippen molar-refractivity contribution in [1.29, 1.82) is 0 Å². The van der Waals surface area contributed by atoms with Gasteiger partial charge in [-0.25, -0.2) is 4.79 Å². The number of primary amides is 1. The number of rotatable bonds is 0. The average molecular weight is 243 g/mol. The summed E-state index contributed by atoms with van der Waals surface area (Å²) in [7, 11) is 0. The number of aliphatic hydroxyl groups is 1. The van der Waals surface area contributed by atoms with Crippen LogP contribution in [0.3, 0.4) is 0 Å². The zero-order valence-corrected chi connectivity index (χ0v) is 6.62. The molecule has 0 fully saturated rings. The van der Waals surface area contributed by atoms with Crippen LogP contribution in [0, 0.1) is 9.85 Å². The van der Waals surface area contributed by atoms with E-state index in [2.05, 4.69) is 15.6 Å². The normalized spacial score (nSPS) is 5.56. The maximum Gasteiger partial charge on any atom is 0.402 e. The van der Waals surface area contributed by atoms with Crippen LogP contribution in [-0.2, 0) is 0 Å². The second-order valence-corrected chi connectivity index (χ2v) is 1.31. The molecule has 5 heteroatoms. The minimum absolute atomic E-state index is 0.0249. The molecular formula is C4H6INO3. The maximum absolute atomic E-state index is 8.78. The Morgan fingerprint density at radius 2 is 2.11 bits per heavy atom. The molecule has 0 saturated carbocycles. The fourth-order valence-electron chi connectivity index (χ4n) is 0.0299. The van der Waals surface area contributed by atoms with Gasteiger partial charge in [0.15, 0.2) is 0 Å². The number of amides is 1. The topological polar surface area (TPSA) is 83.6 Å². The molecule has 0 rings (SSSR count). The Morgan fingerprint density at radius 3 is 2.11 bits per heavy atom. The first-order chi connectivity index (χ1) is 4.15. The number of aliphatic hydroxyl groups excluding tert-OH is 1. The number of hydrogen-bond acceptors (Lipinski definition) is 2. The van der Waals surface area contributed by atoms with Crippen LogP contribution in [0.4, 0.5) is 4.79 Å². The summed E-state index contributed by atoms with van der Waals surface area (Å²) in [6, 6.07) is 0. The van der Waals surface area contributed by atoms with Crippen LogP contribution in [-0.4, -0.2) is 22.9 Å². The highest BCUT2D eigenvalue weighted by atomic mass is 127. The van der Waals surface area contributed by atoms with Crippen molar-refractivity contribution in [3.05, 3.63) is 0 Å². The molecule has 1 amide bonds. The van der Waals surface area contributed by atoms with Gasteiger partial charge in [0, 0.05) is 22.6 Å². The van der Waals surface area contributed by atoms with E-state index in [4.69, 9.17) is 15.0 Å². The van der Waals surface area contributed by atoms with E-state index in [-0.39, 0.29) is 6.61 Å². The van der Waals surface area contributed by atoms with Crippen molar-refractivity contribution >= 4 is 28.7 Å². The summed E-state index contributed by atoms with van der Waals surface area (Å²) in [5, 5.41) is 15.1. The van der Waals surface area contributed by atoms with Crippen LogP contribution in [0.5, 0.6) is 0 Å². The first-order valence-corrected chi connectivity index (χ1v) is 2.90. The third kappa shape index (κ3) is 99.2. The first-order valence-electron chi connectivity index (χ1n) is 1.83. The average Bonchev–Trinajstić information content (AvgIpc) is 1.66. The Bertz CT molecular complexity index is 122. The van der Waals surface area contributed by atoms with Gasteiger partial charge in [0.1, 0.15) is 6.61 Å². The van der Waals surface area contributed by atoms with Crippen molar-refractivity contribution in [1.82, 2.24) is 0 Å². The van der Waals surface area contributed by atoms with Crippen LogP contribution in [0.1, 0.15) is 0 Å². The number of halogens is 1. The number of hydrogen-bond donors (Lipinski definition) is 3. The fraction of sp³-hybridized carbons (Fsp3) is 0.250. The molecule has 4 nitrogen and oxygen atoms in total. The molecule has 52 valence electrons. The highest BCUT2D eigenvalue weighted by Gasteiger charge is 1.65. The lowest BCUT2D eigenvalue weighted by Gasteiger charge is -1.61. The molecule has 4 N–H and O–H groups in total. The smallest absolute Gasteiger partial charge is 0.402 e. The third-order valence-electron chi connectivity index (χ3n) is 0.146. The Hall–Kier alpha value is -0.480. The molecule has 0 saturated heterocycles. The summed E-state index contributed by atoms with van der Waals surface area (Å²) in [6.07, 6.45) is -1.33. The number of nitrogens with two attached hydrogens (primary N) is 1. The lowest BCUT2D eigenvalue weighted by molar-refractivity contribution is 0.205. The van der Waals surface area contributed by atoms with Gasteiger partial charge in [-0.05, 0) is 3.93 Å². The van der Waals surface area contributed by atoms with E-state index in [0.29, 0.717) is 0 Å². The highest BCUT2D eigenvalue weighted by molar-refractivity contribution is 14.1. The lowest BCUT2D eigenvalue weighted by atomic mass is 10.8. The Labute approximate surface area is 66.2 Å². The minimum atomic E-state index is -1.33. The zero-order chi connectivity index (χ0) is 7.70. The number of carboxylic acid groups (broad SMARTS) is 1. The quantitative estimate of drug-likeness (QED) is 0.413. The Kier molecular flexibility index (Phi) is 13.2. The van der Waals surface area contributed by atoms with Crippen molar-refractivity contribution in [3.63, 3.8) is 0 Å². The SMILES string of the molecule is NC(=O)O.OCC#CI. The standard InChI is InChI=1S/C3H3IO.CH3NO2/c4-2-1-3-5;2-1(3)4/h5H,3H2;2H2,(H,3,4). The summed E-state index contributed by atoms with van der Waals surface area (Å²) in [5.41, 5.74) is 4.03. The zero-order valence-electron chi connectivity index (χ0n) is 4.47. The maximum atomic E-state index is 8.78. The summed E-state index contributed by atoms with van der Waals surface area (Å²) in [5.74, 6) is 2.40. The Balaban J connectivity index is 0. The summed E-state index contributed by atoms with van der Waals surface area (Å²) >= 11 is 1.87. The molecule has 0 aromatic carbocycles. The predicted octanol–water partition coefficient (Wildman–Crippen LogP) is -0.00230. The largest absolute Gasteiger partial charge is 0.465 e. The van der Waals surface area contributed by atoms with Crippen LogP contribution in [0.2, 0.25) is 0 Å². The molecule has 0 radical (unpaired) electrons. The van der Waals surface area contributed by atoms with E-state index in [9.17, 15) is 0 Å². The molecule has 0 unspecified atom stereocenters. The van der Waals surface area contributed by atoms with Gasteiger partial charge in [-0.2, -0.15) is 0 Å². The lowest BCUT2D eigenvalue weighted by Crippen LogP contribution is -2.03. The molecule has 0 aliphatic carbocycles. The van der Waals surface area contributed by atoms with Crippen LogP contribution in [0.25, 0.3) is 0 Å². The molecule has 0 aliphatic heterocycles. The fourth-order valence-corrected chi connectivity index (χ4v) is 0.200. The van der Waals surface area contributed by atoms with Crippen molar-refractivity contribution in [2.24, 2.45) is 5.73 Å². The molecule has 0 aromatic heterocycles. The second-order valence-electron chi connectivity index (χ2n) is 0.768. The van der Waals surface area contributed by atoms with Crippen LogP contribution < -0.4 is 5.73 Å². The van der Waals surface area contributed by atoms with Crippen molar-refractivity contribution < 1.29 is 15.0 Å². The van der Waals surface area contributed by atoms with Crippen LogP contribution >= 0.6 is 22.6 Å². The van der Waals surface area contributed by atoms with Crippen LogP contribution in [0.15, 0.2) is 0 Å². The summed E-state index contributed by atoms with van der Waals surface area (Å²) in [4.78, 5) is 8.78. The minimum Gasteiger partial charge on any atom is -0.465 e. The molecule has 0 spiro atoms. The van der Waals surface area contributed by atoms with E-state index in [1.54, 1.807) is 0 Å². The molecule has 0 atom stereocenters. The van der Waals surface area contributed by atoms with E-state index in [1.807, 2.05) is 22.6 Å². The molecule has 0 aromatic rings. The molecule has 0 heterocycles. The number of carbonyl (C=O) groups is 1. The van der Waals surface area contributed by atoms with Gasteiger partial charge in [-0.3, -0.25) is 0 Å².